The van der Waals surface area contributed by atoms with Crippen LogP contribution in [0.3, 0.4) is 0 Å². The number of amides is 4. The number of carbonyl (C=O) groups excluding carboxylic acids is 4. The third-order valence-corrected chi connectivity index (χ3v) is 6.86. The highest BCUT2D eigenvalue weighted by atomic mass is 16.6. The number of benzene rings is 2. The van der Waals surface area contributed by atoms with Crippen LogP contribution in [0.25, 0.3) is 0 Å². The zero-order chi connectivity index (χ0) is 34.1. The first-order chi connectivity index (χ1) is 22.7. The van der Waals surface area contributed by atoms with Gasteiger partial charge in [-0.05, 0) is 43.2 Å². The molecule has 0 radical (unpaired) electrons. The van der Waals surface area contributed by atoms with Gasteiger partial charge in [-0.25, -0.2) is 9.59 Å². The molecule has 258 valence electrons. The Bertz CT molecular complexity index is 1230. The fourth-order valence-electron chi connectivity index (χ4n) is 4.27. The minimum atomic E-state index is -1.38. The van der Waals surface area contributed by atoms with Crippen molar-refractivity contribution in [1.82, 2.24) is 20.9 Å². The highest BCUT2D eigenvalue weighted by Crippen LogP contribution is 2.06. The molecule has 0 aliphatic carbocycles. The van der Waals surface area contributed by atoms with Gasteiger partial charge in [0.15, 0.2) is 5.96 Å². The zero-order valence-electron chi connectivity index (χ0n) is 26.9. The van der Waals surface area contributed by atoms with Crippen LogP contribution in [0.4, 0.5) is 9.59 Å². The van der Waals surface area contributed by atoms with Crippen LogP contribution in [0, 0.1) is 0 Å². The third kappa shape index (κ3) is 18.7. The molecule has 0 aromatic heterocycles. The summed E-state index contributed by atoms with van der Waals surface area (Å²) in [6, 6.07) is 18.7. The van der Waals surface area contributed by atoms with Gasteiger partial charge in [0, 0.05) is 39.1 Å². The molecule has 14 nitrogen and oxygen atoms in total. The highest BCUT2D eigenvalue weighted by Gasteiger charge is 2.17. The lowest BCUT2D eigenvalue weighted by Crippen LogP contribution is -2.43. The van der Waals surface area contributed by atoms with Crippen LogP contribution in [-0.2, 0) is 32.3 Å². The van der Waals surface area contributed by atoms with Crippen LogP contribution >= 0.6 is 0 Å². The number of rotatable bonds is 22. The number of alkyl carbamates (subject to hydrolysis) is 1. The molecule has 0 aliphatic heterocycles. The summed E-state index contributed by atoms with van der Waals surface area (Å²) in [5.41, 5.74) is 12.3. The SMILES string of the molecule is NC(N)=NCCCCCC(=O)NCC(O)C(=O)NCCCCN(CCCNC(=O)OCc1ccccc1)C(=O)OCc1ccccc1. The lowest BCUT2D eigenvalue weighted by atomic mass is 10.2. The topological polar surface area (TPSA) is 211 Å². The largest absolute Gasteiger partial charge is 0.445 e. The molecule has 1 atom stereocenters. The van der Waals surface area contributed by atoms with Gasteiger partial charge in [0.2, 0.25) is 5.91 Å². The second-order valence-electron chi connectivity index (χ2n) is 10.8. The number of unbranched alkanes of at least 4 members (excludes halogenated alkanes) is 3. The molecule has 0 aliphatic rings. The summed E-state index contributed by atoms with van der Waals surface area (Å²) in [7, 11) is 0. The number of guanidine groups is 1. The third-order valence-electron chi connectivity index (χ3n) is 6.86. The van der Waals surface area contributed by atoms with Gasteiger partial charge in [-0.15, -0.1) is 0 Å². The number of hydrogen-bond acceptors (Lipinski definition) is 8. The quantitative estimate of drug-likeness (QED) is 0.0622. The van der Waals surface area contributed by atoms with Crippen molar-refractivity contribution in [2.24, 2.45) is 16.5 Å². The van der Waals surface area contributed by atoms with Gasteiger partial charge in [0.05, 0.1) is 6.54 Å². The summed E-state index contributed by atoms with van der Waals surface area (Å²) in [5.74, 6) is -0.805. The summed E-state index contributed by atoms with van der Waals surface area (Å²) < 4.78 is 10.7. The maximum Gasteiger partial charge on any atom is 0.410 e. The minimum Gasteiger partial charge on any atom is -0.445 e. The average molecular weight is 656 g/mol. The summed E-state index contributed by atoms with van der Waals surface area (Å²) in [4.78, 5) is 54.6. The number of hydrogen-bond donors (Lipinski definition) is 6. The summed E-state index contributed by atoms with van der Waals surface area (Å²) in [6.07, 6.45) is 1.62. The molecule has 14 heteroatoms. The van der Waals surface area contributed by atoms with Crippen molar-refractivity contribution < 1.29 is 33.8 Å². The molecule has 0 heterocycles. The number of nitrogens with one attached hydrogen (secondary N) is 3. The van der Waals surface area contributed by atoms with Gasteiger partial charge in [-0.2, -0.15) is 0 Å². The Morgan fingerprint density at radius 1 is 0.745 bits per heavy atom. The van der Waals surface area contributed by atoms with Crippen molar-refractivity contribution >= 4 is 30.0 Å². The minimum absolute atomic E-state index is 0.0385. The van der Waals surface area contributed by atoms with Crippen molar-refractivity contribution in [2.75, 3.05) is 39.3 Å². The van der Waals surface area contributed by atoms with Crippen LogP contribution in [0.15, 0.2) is 65.7 Å². The number of aliphatic hydroxyl groups is 1. The van der Waals surface area contributed by atoms with E-state index >= 15 is 0 Å². The van der Waals surface area contributed by atoms with Gasteiger partial charge < -0.3 is 46.9 Å². The van der Waals surface area contributed by atoms with Gasteiger partial charge in [-0.3, -0.25) is 14.6 Å². The predicted molar refractivity (Wildman–Crippen MR) is 178 cm³/mol. The number of nitrogens with zero attached hydrogens (tertiary/aromatic N) is 2. The molecule has 4 amide bonds. The summed E-state index contributed by atoms with van der Waals surface area (Å²) >= 11 is 0. The second kappa shape index (κ2) is 23.5. The Kier molecular flexibility index (Phi) is 19.2. The molecule has 47 heavy (non-hydrogen) atoms. The molecule has 0 fully saturated rings. The van der Waals surface area contributed by atoms with Crippen LogP contribution in [0.1, 0.15) is 56.1 Å². The standard InChI is InChI=1S/C33H49N7O7/c34-31(35)37-19-9-3-8-17-29(42)39-23-28(41)30(43)36-18-10-11-21-40(33(45)47-25-27-15-6-2-7-16-27)22-12-20-38-32(44)46-24-26-13-4-1-5-14-26/h1-2,4-7,13-16,28,41H,3,8-12,17-25H2,(H,36,43)(H,38,44)(H,39,42)(H4,34,35,37). The highest BCUT2D eigenvalue weighted by molar-refractivity contribution is 5.82. The lowest BCUT2D eigenvalue weighted by molar-refractivity contribution is -0.129. The van der Waals surface area contributed by atoms with E-state index < -0.39 is 24.2 Å². The van der Waals surface area contributed by atoms with Crippen molar-refractivity contribution in [3.05, 3.63) is 71.8 Å². The molecule has 0 saturated carbocycles. The number of ether oxygens (including phenoxy) is 2. The molecule has 2 aromatic rings. The fraction of sp³-hybridized carbons (Fsp3) is 0.485. The van der Waals surface area contributed by atoms with E-state index in [1.54, 1.807) is 4.90 Å². The Hall–Kier alpha value is -4.85. The number of aliphatic imine (C=N–C) groups is 1. The van der Waals surface area contributed by atoms with Crippen LogP contribution in [0.5, 0.6) is 0 Å². The van der Waals surface area contributed by atoms with E-state index in [-0.39, 0.29) is 44.6 Å². The van der Waals surface area contributed by atoms with Crippen LogP contribution in [0.2, 0.25) is 0 Å². The van der Waals surface area contributed by atoms with E-state index in [1.165, 1.54) is 0 Å². The van der Waals surface area contributed by atoms with Crippen LogP contribution in [-0.4, -0.2) is 85.3 Å². The van der Waals surface area contributed by atoms with E-state index in [1.807, 2.05) is 60.7 Å². The Morgan fingerprint density at radius 2 is 1.36 bits per heavy atom. The van der Waals surface area contributed by atoms with E-state index in [0.717, 1.165) is 24.0 Å². The summed E-state index contributed by atoms with van der Waals surface area (Å²) in [5, 5.41) is 18.0. The summed E-state index contributed by atoms with van der Waals surface area (Å²) in [6.45, 7) is 1.90. The molecule has 0 saturated heterocycles. The van der Waals surface area contributed by atoms with E-state index in [0.29, 0.717) is 51.9 Å². The van der Waals surface area contributed by atoms with Crippen LogP contribution < -0.4 is 27.4 Å². The van der Waals surface area contributed by atoms with Gasteiger partial charge >= 0.3 is 12.2 Å². The Labute approximate surface area is 276 Å². The Balaban J connectivity index is 1.67. The first-order valence-electron chi connectivity index (χ1n) is 15.9. The first kappa shape index (κ1) is 38.3. The fourth-order valence-corrected chi connectivity index (χ4v) is 4.27. The number of aliphatic hydroxyl groups excluding tert-OH is 1. The molecule has 1 unspecified atom stereocenters. The molecular weight excluding hydrogens is 606 g/mol. The molecule has 2 rings (SSSR count). The van der Waals surface area contributed by atoms with Crippen molar-refractivity contribution in [2.45, 2.75) is 64.3 Å². The van der Waals surface area contributed by atoms with Crippen molar-refractivity contribution in [3.63, 3.8) is 0 Å². The first-order valence-corrected chi connectivity index (χ1v) is 15.9. The normalized spacial score (nSPS) is 11.1. The molecular formula is C33H49N7O7. The van der Waals surface area contributed by atoms with E-state index in [2.05, 4.69) is 20.9 Å². The van der Waals surface area contributed by atoms with Gasteiger partial charge in [-0.1, -0.05) is 67.1 Å². The number of nitrogens with two attached hydrogens (primary N) is 2. The monoisotopic (exact) mass is 655 g/mol. The average Bonchev–Trinajstić information content (AvgIpc) is 3.08. The maximum atomic E-state index is 12.9. The number of carbonyl (C=O) groups is 4. The second-order valence-corrected chi connectivity index (χ2v) is 10.8. The van der Waals surface area contributed by atoms with E-state index in [4.69, 9.17) is 20.9 Å². The van der Waals surface area contributed by atoms with Crippen molar-refractivity contribution in [1.29, 1.82) is 0 Å². The van der Waals surface area contributed by atoms with Gasteiger partial charge in [0.1, 0.15) is 19.3 Å². The predicted octanol–water partition coefficient (Wildman–Crippen LogP) is 2.15. The Morgan fingerprint density at radius 3 is 2.02 bits per heavy atom. The van der Waals surface area contributed by atoms with E-state index in [9.17, 15) is 24.3 Å². The van der Waals surface area contributed by atoms with Gasteiger partial charge in [0.25, 0.3) is 5.91 Å². The molecule has 0 bridgehead atoms. The lowest BCUT2D eigenvalue weighted by Gasteiger charge is -2.22. The maximum absolute atomic E-state index is 12.9. The van der Waals surface area contributed by atoms with Crippen molar-refractivity contribution in [3.8, 4) is 0 Å². The zero-order valence-corrected chi connectivity index (χ0v) is 26.9. The smallest absolute Gasteiger partial charge is 0.410 e. The molecule has 8 N–H and O–H groups in total. The molecule has 0 spiro atoms. The molecule has 2 aromatic carbocycles.